The number of rotatable bonds is 3. The molecule has 104 valence electrons. The van der Waals surface area contributed by atoms with Crippen molar-refractivity contribution in [2.75, 3.05) is 5.32 Å². The highest BCUT2D eigenvalue weighted by Gasteiger charge is 2.25. The molecule has 1 amide bonds. The van der Waals surface area contributed by atoms with E-state index in [0.717, 1.165) is 0 Å². The number of aromatic nitrogens is 2. The minimum absolute atomic E-state index is 0.144. The normalized spacial score (nSPS) is 10.3. The topological polar surface area (TPSA) is 111 Å². The number of nitro benzene ring substituents is 1. The van der Waals surface area contributed by atoms with Crippen LogP contribution in [0.2, 0.25) is 0 Å². The number of anilines is 1. The molecule has 0 saturated carbocycles. The third-order valence-electron chi connectivity index (χ3n) is 2.21. The monoisotopic (exact) mass is 284 g/mol. The summed E-state index contributed by atoms with van der Waals surface area (Å²) in [6.07, 6.45) is 0. The van der Waals surface area contributed by atoms with Crippen molar-refractivity contribution in [3.8, 4) is 0 Å². The summed E-state index contributed by atoms with van der Waals surface area (Å²) in [4.78, 5) is 21.1. The van der Waals surface area contributed by atoms with Crippen LogP contribution in [0, 0.1) is 28.7 Å². The first-order valence-corrected chi connectivity index (χ1v) is 5.13. The molecule has 0 unspecified atom stereocenters. The fourth-order valence-corrected chi connectivity index (χ4v) is 1.38. The molecule has 0 spiro atoms. The van der Waals surface area contributed by atoms with Crippen LogP contribution in [0.25, 0.3) is 0 Å². The van der Waals surface area contributed by atoms with E-state index in [9.17, 15) is 23.7 Å². The molecule has 1 aromatic heterocycles. The number of carbonyl (C=O) groups excluding carboxylic acids is 1. The third-order valence-corrected chi connectivity index (χ3v) is 2.21. The fourth-order valence-electron chi connectivity index (χ4n) is 1.38. The van der Waals surface area contributed by atoms with Crippen LogP contribution < -0.4 is 5.32 Å². The molecule has 0 bridgehead atoms. The van der Waals surface area contributed by atoms with Crippen LogP contribution in [0.4, 0.5) is 20.5 Å². The second kappa shape index (κ2) is 4.99. The predicted molar refractivity (Wildman–Crippen MR) is 60.0 cm³/mol. The van der Waals surface area contributed by atoms with E-state index in [2.05, 4.69) is 10.2 Å². The fraction of sp³-hybridized carbons (Fsp3) is 0.100. The van der Waals surface area contributed by atoms with Gasteiger partial charge in [-0.1, -0.05) is 5.10 Å². The maximum atomic E-state index is 13.7. The van der Waals surface area contributed by atoms with Gasteiger partial charge in [0.05, 0.1) is 16.6 Å². The summed E-state index contributed by atoms with van der Waals surface area (Å²) in [7, 11) is 0. The Bertz CT molecular complexity index is 701. The van der Waals surface area contributed by atoms with Gasteiger partial charge < -0.3 is 4.42 Å². The van der Waals surface area contributed by atoms with Gasteiger partial charge in [-0.3, -0.25) is 20.2 Å². The molecule has 0 atom stereocenters. The standard InChI is InChI=1S/C10H6F2N4O4/c1-4-14-15-10(20-4)13-9(17)6-2-5(11)3-7(8(6)12)16(18)19/h2-3H,1H3,(H,13,15,17). The largest absolute Gasteiger partial charge is 0.408 e. The van der Waals surface area contributed by atoms with E-state index in [4.69, 9.17) is 4.42 Å². The van der Waals surface area contributed by atoms with Crippen molar-refractivity contribution in [3.05, 3.63) is 45.3 Å². The molecule has 0 aliphatic heterocycles. The molecule has 0 fully saturated rings. The number of nitrogens with one attached hydrogen (secondary N) is 1. The Kier molecular flexibility index (Phi) is 3.37. The molecule has 10 heteroatoms. The molecule has 1 aromatic carbocycles. The van der Waals surface area contributed by atoms with Gasteiger partial charge in [-0.2, -0.15) is 4.39 Å². The van der Waals surface area contributed by atoms with Crippen LogP contribution in [0.3, 0.4) is 0 Å². The van der Waals surface area contributed by atoms with Crippen LogP contribution in [-0.4, -0.2) is 21.0 Å². The Morgan fingerprint density at radius 1 is 1.40 bits per heavy atom. The number of halogens is 2. The molecular formula is C10H6F2N4O4. The smallest absolute Gasteiger partial charge is 0.322 e. The Balaban J connectivity index is 2.37. The Morgan fingerprint density at radius 2 is 2.10 bits per heavy atom. The lowest BCUT2D eigenvalue weighted by molar-refractivity contribution is -0.387. The van der Waals surface area contributed by atoms with Crippen LogP contribution in [0.5, 0.6) is 0 Å². The van der Waals surface area contributed by atoms with E-state index >= 15 is 0 Å². The zero-order valence-corrected chi connectivity index (χ0v) is 9.89. The number of benzene rings is 1. The summed E-state index contributed by atoms with van der Waals surface area (Å²) >= 11 is 0. The van der Waals surface area contributed by atoms with Gasteiger partial charge in [-0.05, 0) is 6.07 Å². The average molecular weight is 284 g/mol. The molecule has 0 aliphatic carbocycles. The Labute approximate surface area is 109 Å². The minimum Gasteiger partial charge on any atom is -0.408 e. The van der Waals surface area contributed by atoms with Crippen LogP contribution >= 0.6 is 0 Å². The number of hydrogen-bond donors (Lipinski definition) is 1. The third kappa shape index (κ3) is 2.58. The number of hydrogen-bond acceptors (Lipinski definition) is 6. The lowest BCUT2D eigenvalue weighted by Gasteiger charge is -2.03. The first kappa shape index (κ1) is 13.5. The lowest BCUT2D eigenvalue weighted by atomic mass is 10.1. The van der Waals surface area contributed by atoms with Crippen molar-refractivity contribution in [3.63, 3.8) is 0 Å². The number of aryl methyl sites for hydroxylation is 1. The van der Waals surface area contributed by atoms with Crippen molar-refractivity contribution < 1.29 is 22.9 Å². The molecule has 0 saturated heterocycles. The average Bonchev–Trinajstić information content (AvgIpc) is 2.76. The van der Waals surface area contributed by atoms with Gasteiger partial charge in [0.1, 0.15) is 5.82 Å². The molecule has 1 N–H and O–H groups in total. The quantitative estimate of drug-likeness (QED) is 0.679. The van der Waals surface area contributed by atoms with Crippen molar-refractivity contribution in [1.29, 1.82) is 0 Å². The highest BCUT2D eigenvalue weighted by molar-refractivity contribution is 6.03. The summed E-state index contributed by atoms with van der Waals surface area (Å²) in [6.45, 7) is 1.45. The minimum atomic E-state index is -1.45. The Morgan fingerprint density at radius 3 is 2.65 bits per heavy atom. The molecule has 0 aliphatic rings. The first-order valence-electron chi connectivity index (χ1n) is 5.13. The number of carbonyl (C=O) groups is 1. The second-order valence-electron chi connectivity index (χ2n) is 3.62. The van der Waals surface area contributed by atoms with Gasteiger partial charge in [0.2, 0.25) is 11.7 Å². The molecule has 20 heavy (non-hydrogen) atoms. The number of nitrogens with zero attached hydrogens (tertiary/aromatic N) is 3. The van der Waals surface area contributed by atoms with Gasteiger partial charge >= 0.3 is 11.7 Å². The molecule has 2 aromatic rings. The summed E-state index contributed by atoms with van der Waals surface area (Å²) in [6, 6.07) is 0.572. The zero-order valence-electron chi connectivity index (χ0n) is 9.89. The van der Waals surface area contributed by atoms with E-state index in [1.807, 2.05) is 5.32 Å². The molecule has 1 heterocycles. The molecule has 8 nitrogen and oxygen atoms in total. The molecular weight excluding hydrogens is 278 g/mol. The SMILES string of the molecule is Cc1nnc(NC(=O)c2cc(F)cc([N+](=O)[O-])c2F)o1. The van der Waals surface area contributed by atoms with Gasteiger partial charge in [0.15, 0.2) is 0 Å². The number of nitro groups is 1. The van der Waals surface area contributed by atoms with E-state index < -0.39 is 33.7 Å². The van der Waals surface area contributed by atoms with Gasteiger partial charge in [-0.25, -0.2) is 4.39 Å². The van der Waals surface area contributed by atoms with Gasteiger partial charge in [0.25, 0.3) is 5.91 Å². The van der Waals surface area contributed by atoms with Crippen molar-refractivity contribution in [2.24, 2.45) is 0 Å². The molecule has 0 radical (unpaired) electrons. The van der Waals surface area contributed by atoms with Crippen LogP contribution in [-0.2, 0) is 0 Å². The highest BCUT2D eigenvalue weighted by Crippen LogP contribution is 2.23. The highest BCUT2D eigenvalue weighted by atomic mass is 19.1. The summed E-state index contributed by atoms with van der Waals surface area (Å²) < 4.78 is 31.7. The van der Waals surface area contributed by atoms with E-state index in [0.29, 0.717) is 12.1 Å². The number of amides is 1. The van der Waals surface area contributed by atoms with Crippen molar-refractivity contribution >= 4 is 17.6 Å². The van der Waals surface area contributed by atoms with Crippen molar-refractivity contribution in [2.45, 2.75) is 6.92 Å². The summed E-state index contributed by atoms with van der Waals surface area (Å²) in [5, 5.41) is 19.4. The lowest BCUT2D eigenvalue weighted by Crippen LogP contribution is -2.15. The van der Waals surface area contributed by atoms with E-state index in [1.54, 1.807) is 0 Å². The Hall–Kier alpha value is -2.91. The van der Waals surface area contributed by atoms with Gasteiger partial charge in [-0.15, -0.1) is 5.10 Å². The maximum absolute atomic E-state index is 13.7. The zero-order chi connectivity index (χ0) is 14.9. The second-order valence-corrected chi connectivity index (χ2v) is 3.62. The molecule has 2 rings (SSSR count). The van der Waals surface area contributed by atoms with Crippen molar-refractivity contribution in [1.82, 2.24) is 10.2 Å². The maximum Gasteiger partial charge on any atom is 0.322 e. The predicted octanol–water partition coefficient (Wildman–Crippen LogP) is 1.82. The first-order chi connectivity index (χ1) is 9.38. The van der Waals surface area contributed by atoms with E-state index in [-0.39, 0.29) is 11.9 Å². The van der Waals surface area contributed by atoms with Crippen LogP contribution in [0.15, 0.2) is 16.5 Å². The van der Waals surface area contributed by atoms with Crippen LogP contribution in [0.1, 0.15) is 16.2 Å². The van der Waals surface area contributed by atoms with E-state index in [1.165, 1.54) is 6.92 Å². The summed E-state index contributed by atoms with van der Waals surface area (Å²) in [5.74, 6) is -3.57. The summed E-state index contributed by atoms with van der Waals surface area (Å²) in [5.41, 5.74) is -1.98. The van der Waals surface area contributed by atoms with Gasteiger partial charge in [0, 0.05) is 6.92 Å².